The Hall–Kier alpha value is -1.36. The van der Waals surface area contributed by atoms with E-state index in [1.165, 1.54) is 38.8 Å². The van der Waals surface area contributed by atoms with Crippen LogP contribution >= 0.6 is 0 Å². The summed E-state index contributed by atoms with van der Waals surface area (Å²) in [6, 6.07) is 2.40. The maximum atomic E-state index is 12.4. The first-order valence-corrected chi connectivity index (χ1v) is 7.81. The lowest BCUT2D eigenvalue weighted by Gasteiger charge is -2.23. The molecule has 1 aromatic heterocycles. The molecule has 2 aliphatic heterocycles. The number of aromatic nitrogens is 1. The van der Waals surface area contributed by atoms with Gasteiger partial charge in [-0.1, -0.05) is 5.16 Å². The van der Waals surface area contributed by atoms with Crippen molar-refractivity contribution < 1.29 is 9.32 Å². The minimum atomic E-state index is 0.0438. The highest BCUT2D eigenvalue weighted by Gasteiger charge is 2.34. The van der Waals surface area contributed by atoms with Crippen molar-refractivity contribution in [3.8, 4) is 0 Å². The molecule has 0 aromatic carbocycles. The van der Waals surface area contributed by atoms with Gasteiger partial charge in [0.2, 0.25) is 0 Å². The van der Waals surface area contributed by atoms with Gasteiger partial charge in [-0.2, -0.15) is 0 Å². The smallest absolute Gasteiger partial charge is 0.276 e. The standard InChI is InChI=1S/C15H21N3O2/c19-15(13-9-14(20-16-13)11-3-4-11)18-8-5-12(10-18)17-6-1-2-7-17/h9,11-12H,1-8,10H2. The third-order valence-electron chi connectivity index (χ3n) is 4.83. The second kappa shape index (κ2) is 4.88. The van der Waals surface area contributed by atoms with Crippen LogP contribution in [-0.4, -0.2) is 53.1 Å². The lowest BCUT2D eigenvalue weighted by molar-refractivity contribution is 0.0769. The summed E-state index contributed by atoms with van der Waals surface area (Å²) in [6.45, 7) is 4.10. The van der Waals surface area contributed by atoms with E-state index in [9.17, 15) is 4.79 Å². The van der Waals surface area contributed by atoms with E-state index in [1.807, 2.05) is 11.0 Å². The van der Waals surface area contributed by atoms with Crippen molar-refractivity contribution in [2.75, 3.05) is 26.2 Å². The van der Waals surface area contributed by atoms with Crippen LogP contribution in [0.4, 0.5) is 0 Å². The van der Waals surface area contributed by atoms with Crippen molar-refractivity contribution in [1.29, 1.82) is 0 Å². The molecule has 5 heteroatoms. The van der Waals surface area contributed by atoms with Gasteiger partial charge in [0.25, 0.3) is 5.91 Å². The fourth-order valence-electron chi connectivity index (χ4n) is 3.44. The predicted molar refractivity (Wildman–Crippen MR) is 73.6 cm³/mol. The highest BCUT2D eigenvalue weighted by Crippen LogP contribution is 2.40. The van der Waals surface area contributed by atoms with Gasteiger partial charge in [-0.15, -0.1) is 0 Å². The molecule has 1 aromatic rings. The molecule has 0 spiro atoms. The number of likely N-dealkylation sites (tertiary alicyclic amines) is 2. The Bertz CT molecular complexity index is 503. The molecule has 1 unspecified atom stereocenters. The van der Waals surface area contributed by atoms with Crippen LogP contribution in [0.5, 0.6) is 0 Å². The van der Waals surface area contributed by atoms with Gasteiger partial charge >= 0.3 is 0 Å². The maximum absolute atomic E-state index is 12.4. The van der Waals surface area contributed by atoms with Crippen LogP contribution in [0.25, 0.3) is 0 Å². The summed E-state index contributed by atoms with van der Waals surface area (Å²) < 4.78 is 5.29. The van der Waals surface area contributed by atoms with Crippen molar-refractivity contribution in [2.24, 2.45) is 0 Å². The highest BCUT2D eigenvalue weighted by molar-refractivity contribution is 5.92. The molecule has 0 N–H and O–H groups in total. The molecule has 1 saturated carbocycles. The van der Waals surface area contributed by atoms with Crippen LogP contribution in [-0.2, 0) is 0 Å². The second-order valence-corrected chi connectivity index (χ2v) is 6.33. The predicted octanol–water partition coefficient (Wildman–Crippen LogP) is 1.86. The fourth-order valence-corrected chi connectivity index (χ4v) is 3.44. The van der Waals surface area contributed by atoms with Gasteiger partial charge in [0.05, 0.1) is 0 Å². The fraction of sp³-hybridized carbons (Fsp3) is 0.733. The summed E-state index contributed by atoms with van der Waals surface area (Å²) in [4.78, 5) is 16.9. The molecular weight excluding hydrogens is 254 g/mol. The first kappa shape index (κ1) is 12.4. The monoisotopic (exact) mass is 275 g/mol. The third kappa shape index (κ3) is 2.24. The number of amides is 1. The van der Waals surface area contributed by atoms with Crippen LogP contribution < -0.4 is 0 Å². The van der Waals surface area contributed by atoms with Crippen molar-refractivity contribution in [2.45, 2.75) is 44.1 Å². The van der Waals surface area contributed by atoms with Gasteiger partial charge in [-0.25, -0.2) is 0 Å². The topological polar surface area (TPSA) is 49.6 Å². The summed E-state index contributed by atoms with van der Waals surface area (Å²) in [5.74, 6) is 1.45. The van der Waals surface area contributed by atoms with Crippen LogP contribution in [0.15, 0.2) is 10.6 Å². The van der Waals surface area contributed by atoms with Gasteiger partial charge in [0.1, 0.15) is 5.76 Å². The zero-order chi connectivity index (χ0) is 13.5. The maximum Gasteiger partial charge on any atom is 0.276 e. The summed E-state index contributed by atoms with van der Waals surface area (Å²) in [6.07, 6.45) is 6.04. The molecule has 1 amide bonds. The van der Waals surface area contributed by atoms with Gasteiger partial charge in [0, 0.05) is 31.1 Å². The van der Waals surface area contributed by atoms with E-state index in [-0.39, 0.29) is 5.91 Å². The molecule has 0 bridgehead atoms. The Morgan fingerprint density at radius 3 is 2.75 bits per heavy atom. The molecule has 3 fully saturated rings. The number of hydrogen-bond donors (Lipinski definition) is 0. The van der Waals surface area contributed by atoms with E-state index in [0.29, 0.717) is 17.7 Å². The van der Waals surface area contributed by atoms with E-state index < -0.39 is 0 Å². The van der Waals surface area contributed by atoms with Gasteiger partial charge < -0.3 is 9.42 Å². The van der Waals surface area contributed by atoms with Gasteiger partial charge in [0.15, 0.2) is 5.69 Å². The Kier molecular flexibility index (Phi) is 3.02. The minimum Gasteiger partial charge on any atom is -0.360 e. The molecule has 1 aliphatic carbocycles. The third-order valence-corrected chi connectivity index (χ3v) is 4.83. The summed E-state index contributed by atoms with van der Waals surface area (Å²) >= 11 is 0. The average molecular weight is 275 g/mol. The Morgan fingerprint density at radius 2 is 2.00 bits per heavy atom. The molecule has 3 aliphatic rings. The first-order valence-electron chi connectivity index (χ1n) is 7.81. The zero-order valence-electron chi connectivity index (χ0n) is 11.8. The molecule has 5 nitrogen and oxygen atoms in total. The van der Waals surface area contributed by atoms with Crippen LogP contribution in [0, 0.1) is 0 Å². The number of rotatable bonds is 3. The van der Waals surface area contributed by atoms with E-state index >= 15 is 0 Å². The molecule has 4 rings (SSSR count). The molecule has 108 valence electrons. The van der Waals surface area contributed by atoms with E-state index in [4.69, 9.17) is 4.52 Å². The summed E-state index contributed by atoms with van der Waals surface area (Å²) in [7, 11) is 0. The normalized spacial score (nSPS) is 27.4. The minimum absolute atomic E-state index is 0.0438. The average Bonchev–Trinajstić information content (AvgIpc) is 2.97. The molecule has 2 saturated heterocycles. The highest BCUT2D eigenvalue weighted by atomic mass is 16.5. The zero-order valence-corrected chi connectivity index (χ0v) is 11.8. The lowest BCUT2D eigenvalue weighted by atomic mass is 10.2. The quantitative estimate of drug-likeness (QED) is 0.845. The van der Waals surface area contributed by atoms with Crippen LogP contribution in [0.3, 0.4) is 0 Å². The van der Waals surface area contributed by atoms with Crippen molar-refractivity contribution >= 4 is 5.91 Å². The Morgan fingerprint density at radius 1 is 1.20 bits per heavy atom. The van der Waals surface area contributed by atoms with E-state index in [0.717, 1.165) is 25.3 Å². The number of carbonyl (C=O) groups is 1. The van der Waals surface area contributed by atoms with Crippen molar-refractivity contribution in [3.05, 3.63) is 17.5 Å². The second-order valence-electron chi connectivity index (χ2n) is 6.33. The lowest BCUT2D eigenvalue weighted by Crippen LogP contribution is -2.37. The number of hydrogen-bond acceptors (Lipinski definition) is 4. The van der Waals surface area contributed by atoms with Gasteiger partial charge in [-0.05, 0) is 45.2 Å². The first-order chi connectivity index (χ1) is 9.81. The van der Waals surface area contributed by atoms with Crippen molar-refractivity contribution in [1.82, 2.24) is 15.0 Å². The molecule has 1 atom stereocenters. The summed E-state index contributed by atoms with van der Waals surface area (Å²) in [5.41, 5.74) is 0.494. The van der Waals surface area contributed by atoms with Crippen molar-refractivity contribution in [3.63, 3.8) is 0 Å². The summed E-state index contributed by atoms with van der Waals surface area (Å²) in [5, 5.41) is 3.96. The molecule has 3 heterocycles. The Labute approximate surface area is 118 Å². The number of carbonyl (C=O) groups excluding carboxylic acids is 1. The number of nitrogens with zero attached hydrogens (tertiary/aromatic N) is 3. The Balaban J connectivity index is 1.40. The largest absolute Gasteiger partial charge is 0.360 e. The van der Waals surface area contributed by atoms with E-state index in [1.54, 1.807) is 0 Å². The molecule has 20 heavy (non-hydrogen) atoms. The van der Waals surface area contributed by atoms with Gasteiger partial charge in [-0.3, -0.25) is 9.69 Å². The molecule has 0 radical (unpaired) electrons. The molecular formula is C15H21N3O2. The SMILES string of the molecule is O=C(c1cc(C2CC2)on1)N1CCC(N2CCCC2)C1. The van der Waals surface area contributed by atoms with Crippen LogP contribution in [0.2, 0.25) is 0 Å². The van der Waals surface area contributed by atoms with Crippen LogP contribution in [0.1, 0.15) is 54.3 Å². The van der Waals surface area contributed by atoms with E-state index in [2.05, 4.69) is 10.1 Å².